The summed E-state index contributed by atoms with van der Waals surface area (Å²) in [5.41, 5.74) is 1.53. The van der Waals surface area contributed by atoms with E-state index in [0.29, 0.717) is 23.0 Å². The Labute approximate surface area is 164 Å². The molecule has 0 aliphatic heterocycles. The lowest BCUT2D eigenvalue weighted by Crippen LogP contribution is -2.35. The summed E-state index contributed by atoms with van der Waals surface area (Å²) >= 11 is 0. The molecule has 1 N–H and O–H groups in total. The summed E-state index contributed by atoms with van der Waals surface area (Å²) in [7, 11) is 3.09. The van der Waals surface area contributed by atoms with Gasteiger partial charge in [0.25, 0.3) is 5.91 Å². The lowest BCUT2D eigenvalue weighted by Gasteiger charge is -2.15. The van der Waals surface area contributed by atoms with E-state index >= 15 is 0 Å². The first-order valence-electron chi connectivity index (χ1n) is 8.94. The van der Waals surface area contributed by atoms with Crippen molar-refractivity contribution in [2.45, 2.75) is 46.3 Å². The van der Waals surface area contributed by atoms with Crippen molar-refractivity contribution in [2.75, 3.05) is 14.2 Å². The predicted molar refractivity (Wildman–Crippen MR) is 102 cm³/mol. The standard InChI is InChI=1S/C20H26N2O6/c1-11(2)18-17(12(3)22-28-18)20(24)27-13(4)19(23)21-10-14-7-8-15(25-5)16(9-14)26-6/h7-9,11,13H,10H2,1-6H3,(H,21,23)/t13-/m0/s1. The maximum atomic E-state index is 12.5. The Morgan fingerprint density at radius 2 is 1.82 bits per heavy atom. The van der Waals surface area contributed by atoms with Gasteiger partial charge in [0, 0.05) is 12.5 Å². The van der Waals surface area contributed by atoms with Crippen LogP contribution in [0.3, 0.4) is 0 Å². The average molecular weight is 390 g/mol. The number of esters is 1. The fourth-order valence-electron chi connectivity index (χ4n) is 2.63. The predicted octanol–water partition coefficient (Wildman–Crippen LogP) is 2.99. The average Bonchev–Trinajstić information content (AvgIpc) is 3.07. The van der Waals surface area contributed by atoms with E-state index in [-0.39, 0.29) is 18.0 Å². The number of aromatic nitrogens is 1. The molecule has 8 nitrogen and oxygen atoms in total. The highest BCUT2D eigenvalue weighted by atomic mass is 16.5. The van der Waals surface area contributed by atoms with Crippen LogP contribution in [0, 0.1) is 6.92 Å². The van der Waals surface area contributed by atoms with Gasteiger partial charge >= 0.3 is 5.97 Å². The van der Waals surface area contributed by atoms with Crippen LogP contribution in [0.2, 0.25) is 0 Å². The Kier molecular flexibility index (Phi) is 7.03. The third kappa shape index (κ3) is 4.82. The Morgan fingerprint density at radius 3 is 2.43 bits per heavy atom. The van der Waals surface area contributed by atoms with Gasteiger partial charge in [0.05, 0.1) is 19.9 Å². The molecule has 1 atom stereocenters. The zero-order valence-corrected chi connectivity index (χ0v) is 17.0. The third-order valence-electron chi connectivity index (χ3n) is 4.19. The Bertz CT molecular complexity index is 843. The number of aryl methyl sites for hydroxylation is 1. The molecule has 8 heteroatoms. The van der Waals surface area contributed by atoms with E-state index in [0.717, 1.165) is 5.56 Å². The second kappa shape index (κ2) is 9.25. The second-order valence-electron chi connectivity index (χ2n) is 6.62. The van der Waals surface area contributed by atoms with Gasteiger partial charge in [0.1, 0.15) is 5.56 Å². The van der Waals surface area contributed by atoms with Crippen LogP contribution in [0.25, 0.3) is 0 Å². The molecule has 152 valence electrons. The van der Waals surface area contributed by atoms with Crippen molar-refractivity contribution in [1.82, 2.24) is 10.5 Å². The summed E-state index contributed by atoms with van der Waals surface area (Å²) < 4.78 is 20.9. The number of hydrogen-bond donors (Lipinski definition) is 1. The van der Waals surface area contributed by atoms with E-state index in [9.17, 15) is 9.59 Å². The van der Waals surface area contributed by atoms with Gasteiger partial charge in [-0.25, -0.2) is 4.79 Å². The summed E-state index contributed by atoms with van der Waals surface area (Å²) in [4.78, 5) is 24.8. The Morgan fingerprint density at radius 1 is 1.14 bits per heavy atom. The molecule has 0 spiro atoms. The molecular weight excluding hydrogens is 364 g/mol. The van der Waals surface area contributed by atoms with Gasteiger partial charge in [-0.2, -0.15) is 0 Å². The number of hydrogen-bond acceptors (Lipinski definition) is 7. The van der Waals surface area contributed by atoms with E-state index in [1.54, 1.807) is 33.3 Å². The number of ether oxygens (including phenoxy) is 3. The summed E-state index contributed by atoms with van der Waals surface area (Å²) in [5, 5.41) is 6.56. The molecule has 0 unspecified atom stereocenters. The van der Waals surface area contributed by atoms with E-state index < -0.39 is 18.0 Å². The number of carbonyl (C=O) groups excluding carboxylic acids is 2. The van der Waals surface area contributed by atoms with Crippen molar-refractivity contribution in [3.63, 3.8) is 0 Å². The van der Waals surface area contributed by atoms with Crippen molar-refractivity contribution in [1.29, 1.82) is 0 Å². The Hall–Kier alpha value is -3.03. The first kappa shape index (κ1) is 21.3. The van der Waals surface area contributed by atoms with Crippen LogP contribution in [0.15, 0.2) is 22.7 Å². The fourth-order valence-corrected chi connectivity index (χ4v) is 2.63. The minimum atomic E-state index is -0.970. The molecule has 2 aromatic rings. The number of benzene rings is 1. The molecule has 2 rings (SSSR count). The first-order valence-corrected chi connectivity index (χ1v) is 8.94. The zero-order valence-electron chi connectivity index (χ0n) is 17.0. The van der Waals surface area contributed by atoms with Gasteiger partial charge < -0.3 is 24.1 Å². The van der Waals surface area contributed by atoms with E-state index in [1.165, 1.54) is 6.92 Å². The van der Waals surface area contributed by atoms with Gasteiger partial charge in [-0.15, -0.1) is 0 Å². The smallest absolute Gasteiger partial charge is 0.344 e. The largest absolute Gasteiger partial charge is 0.493 e. The molecule has 1 amide bonds. The number of nitrogens with one attached hydrogen (secondary N) is 1. The van der Waals surface area contributed by atoms with Crippen LogP contribution in [0.1, 0.15) is 54.1 Å². The molecule has 0 radical (unpaired) electrons. The van der Waals surface area contributed by atoms with Crippen molar-refractivity contribution in [2.24, 2.45) is 0 Å². The number of methoxy groups -OCH3 is 2. The maximum absolute atomic E-state index is 12.5. The molecule has 1 aromatic heterocycles. The van der Waals surface area contributed by atoms with E-state index in [2.05, 4.69) is 10.5 Å². The molecule has 0 aliphatic carbocycles. The lowest BCUT2D eigenvalue weighted by molar-refractivity contribution is -0.129. The molecule has 28 heavy (non-hydrogen) atoms. The van der Waals surface area contributed by atoms with Crippen LogP contribution >= 0.6 is 0 Å². The summed E-state index contributed by atoms with van der Waals surface area (Å²) in [6, 6.07) is 5.34. The number of carbonyl (C=O) groups is 2. The number of nitrogens with zero attached hydrogens (tertiary/aromatic N) is 1. The van der Waals surface area contributed by atoms with Gasteiger partial charge in [-0.05, 0) is 31.5 Å². The summed E-state index contributed by atoms with van der Waals surface area (Å²) in [6.07, 6.45) is -0.970. The minimum Gasteiger partial charge on any atom is -0.493 e. The molecule has 0 saturated heterocycles. The van der Waals surface area contributed by atoms with E-state index in [1.807, 2.05) is 19.9 Å². The van der Waals surface area contributed by atoms with Gasteiger partial charge in [-0.1, -0.05) is 25.1 Å². The monoisotopic (exact) mass is 390 g/mol. The van der Waals surface area contributed by atoms with Crippen LogP contribution < -0.4 is 14.8 Å². The third-order valence-corrected chi connectivity index (χ3v) is 4.19. The van der Waals surface area contributed by atoms with Crippen LogP contribution in [0.4, 0.5) is 0 Å². The molecule has 0 bridgehead atoms. The minimum absolute atomic E-state index is 0.0297. The van der Waals surface area contributed by atoms with Crippen molar-refractivity contribution >= 4 is 11.9 Å². The molecule has 1 aromatic carbocycles. The molecule has 0 saturated carbocycles. The van der Waals surface area contributed by atoms with Gasteiger partial charge in [0.2, 0.25) is 0 Å². The highest BCUT2D eigenvalue weighted by molar-refractivity contribution is 5.94. The van der Waals surface area contributed by atoms with Crippen LogP contribution in [-0.4, -0.2) is 37.4 Å². The van der Waals surface area contributed by atoms with Crippen molar-refractivity contribution < 1.29 is 28.3 Å². The maximum Gasteiger partial charge on any atom is 0.344 e. The van der Waals surface area contributed by atoms with Crippen LogP contribution in [-0.2, 0) is 16.1 Å². The van der Waals surface area contributed by atoms with Crippen molar-refractivity contribution in [3.05, 3.63) is 40.8 Å². The second-order valence-corrected chi connectivity index (χ2v) is 6.62. The molecule has 0 aliphatic rings. The molecule has 1 heterocycles. The fraction of sp³-hybridized carbons (Fsp3) is 0.450. The van der Waals surface area contributed by atoms with Crippen LogP contribution in [0.5, 0.6) is 11.5 Å². The Balaban J connectivity index is 1.98. The normalized spacial score (nSPS) is 11.8. The van der Waals surface area contributed by atoms with E-state index in [4.69, 9.17) is 18.7 Å². The number of rotatable bonds is 8. The highest BCUT2D eigenvalue weighted by Gasteiger charge is 2.27. The van der Waals surface area contributed by atoms with Gasteiger partial charge in [-0.3, -0.25) is 4.79 Å². The molecule has 0 fully saturated rings. The first-order chi connectivity index (χ1) is 13.3. The lowest BCUT2D eigenvalue weighted by atomic mass is 10.1. The SMILES string of the molecule is COc1ccc(CNC(=O)[C@H](C)OC(=O)c2c(C)noc2C(C)C)cc1OC. The topological polar surface area (TPSA) is 99.9 Å². The summed E-state index contributed by atoms with van der Waals surface area (Å²) in [5.74, 6) is 0.542. The van der Waals surface area contributed by atoms with Gasteiger partial charge in [0.15, 0.2) is 23.4 Å². The molecular formula is C20H26N2O6. The number of amides is 1. The summed E-state index contributed by atoms with van der Waals surface area (Å²) in [6.45, 7) is 7.20. The quantitative estimate of drug-likeness (QED) is 0.692. The van der Waals surface area contributed by atoms with Crippen molar-refractivity contribution in [3.8, 4) is 11.5 Å². The highest BCUT2D eigenvalue weighted by Crippen LogP contribution is 2.27. The zero-order chi connectivity index (χ0) is 20.8.